The Morgan fingerprint density at radius 2 is 0.857 bits per heavy atom. The fourth-order valence-electron chi connectivity index (χ4n) is 10.2. The first-order valence-corrected chi connectivity index (χ1v) is 21.8. The van der Waals surface area contributed by atoms with Crippen molar-refractivity contribution >= 4 is 49.8 Å². The van der Waals surface area contributed by atoms with Gasteiger partial charge in [0.2, 0.25) is 0 Å². The molecule has 0 aliphatic heterocycles. The first-order chi connectivity index (χ1) is 31.0. The highest BCUT2D eigenvalue weighted by atomic mass is 16.3. The van der Waals surface area contributed by atoms with Gasteiger partial charge in [-0.2, -0.15) is 0 Å². The monoisotopic (exact) mass is 805 g/mol. The molecule has 0 radical (unpaired) electrons. The van der Waals surface area contributed by atoms with Gasteiger partial charge in [0, 0.05) is 33.1 Å². The molecule has 0 fully saturated rings. The standard InChI is InChI=1S/C61H43NO/c1-61(2)56-22-8-5-17-52(56)54-21-12-20-51(60(54)61)44-31-36-47(37-32-44)62(57-23-9-6-16-50(57)45-33-38-59-55(39-45)53-18-7-10-24-58(53)63-59)46-34-29-41(30-35-46)40-25-27-43(28-26-40)49-19-11-14-42-13-3-4-15-48(42)49/h3-39H,1-2H3. The van der Waals surface area contributed by atoms with Crippen LogP contribution in [0, 0.1) is 0 Å². The van der Waals surface area contributed by atoms with E-state index < -0.39 is 0 Å². The molecule has 1 aliphatic rings. The highest BCUT2D eigenvalue weighted by Crippen LogP contribution is 2.52. The predicted molar refractivity (Wildman–Crippen MR) is 265 cm³/mol. The molecule has 0 spiro atoms. The zero-order chi connectivity index (χ0) is 42.1. The van der Waals surface area contributed by atoms with Gasteiger partial charge in [-0.25, -0.2) is 0 Å². The van der Waals surface area contributed by atoms with Gasteiger partial charge in [-0.05, 0) is 121 Å². The van der Waals surface area contributed by atoms with Crippen molar-refractivity contribution < 1.29 is 4.42 Å². The molecule has 2 heteroatoms. The van der Waals surface area contributed by atoms with E-state index in [-0.39, 0.29) is 5.41 Å². The number of fused-ring (bicyclic) bond motifs is 7. The van der Waals surface area contributed by atoms with E-state index in [1.165, 1.54) is 66.4 Å². The van der Waals surface area contributed by atoms with Gasteiger partial charge in [-0.3, -0.25) is 0 Å². The topological polar surface area (TPSA) is 16.4 Å². The van der Waals surface area contributed by atoms with Crippen molar-refractivity contribution in [3.8, 4) is 55.6 Å². The second-order valence-electron chi connectivity index (χ2n) is 17.3. The molecule has 2 nitrogen and oxygen atoms in total. The SMILES string of the molecule is CC1(C)c2ccccc2-c2cccc(-c3ccc(N(c4ccc(-c5ccc(-c6cccc7ccccc67)cc5)cc4)c4ccccc4-c4ccc5oc6ccccc6c5c4)cc3)c21. The van der Waals surface area contributed by atoms with E-state index in [4.69, 9.17) is 4.42 Å². The number of nitrogens with zero attached hydrogens (tertiary/aromatic N) is 1. The fraction of sp³-hybridized carbons (Fsp3) is 0.0492. The number of anilines is 3. The molecule has 1 aliphatic carbocycles. The molecule has 0 saturated heterocycles. The number of para-hydroxylation sites is 2. The van der Waals surface area contributed by atoms with E-state index in [9.17, 15) is 0 Å². The lowest BCUT2D eigenvalue weighted by atomic mass is 9.79. The summed E-state index contributed by atoms with van der Waals surface area (Å²) in [5.74, 6) is 0. The van der Waals surface area contributed by atoms with Crippen molar-refractivity contribution in [1.29, 1.82) is 0 Å². The quantitative estimate of drug-likeness (QED) is 0.160. The minimum absolute atomic E-state index is 0.106. The second-order valence-corrected chi connectivity index (χ2v) is 17.3. The molecule has 298 valence electrons. The van der Waals surface area contributed by atoms with Crippen LogP contribution in [0.2, 0.25) is 0 Å². The van der Waals surface area contributed by atoms with Crippen LogP contribution in [0.3, 0.4) is 0 Å². The molecule has 0 bridgehead atoms. The Labute approximate surface area is 368 Å². The number of benzene rings is 10. The van der Waals surface area contributed by atoms with E-state index in [1.807, 2.05) is 12.1 Å². The molecule has 0 saturated carbocycles. The van der Waals surface area contributed by atoms with Crippen LogP contribution in [-0.4, -0.2) is 0 Å². The van der Waals surface area contributed by atoms with Crippen LogP contribution in [0.5, 0.6) is 0 Å². The average Bonchev–Trinajstić information content (AvgIpc) is 3.83. The summed E-state index contributed by atoms with van der Waals surface area (Å²) in [4.78, 5) is 2.40. The summed E-state index contributed by atoms with van der Waals surface area (Å²) < 4.78 is 6.25. The van der Waals surface area contributed by atoms with Crippen molar-refractivity contribution in [2.75, 3.05) is 4.90 Å². The lowest BCUT2D eigenvalue weighted by Crippen LogP contribution is -2.16. The maximum atomic E-state index is 6.25. The Hall–Kier alpha value is -7.94. The van der Waals surface area contributed by atoms with Crippen LogP contribution in [0.4, 0.5) is 17.1 Å². The van der Waals surface area contributed by atoms with Crippen LogP contribution < -0.4 is 4.90 Å². The van der Waals surface area contributed by atoms with Gasteiger partial charge in [-0.15, -0.1) is 0 Å². The van der Waals surface area contributed by atoms with E-state index in [2.05, 4.69) is 231 Å². The summed E-state index contributed by atoms with van der Waals surface area (Å²) >= 11 is 0. The van der Waals surface area contributed by atoms with Crippen LogP contribution >= 0.6 is 0 Å². The van der Waals surface area contributed by atoms with E-state index in [0.717, 1.165) is 50.1 Å². The van der Waals surface area contributed by atoms with E-state index in [0.29, 0.717) is 0 Å². The highest BCUT2D eigenvalue weighted by molar-refractivity contribution is 6.07. The molecule has 0 amide bonds. The number of hydrogen-bond donors (Lipinski definition) is 0. The maximum absolute atomic E-state index is 6.25. The third kappa shape index (κ3) is 6.09. The third-order valence-corrected chi connectivity index (χ3v) is 13.3. The molecule has 10 aromatic carbocycles. The van der Waals surface area contributed by atoms with Crippen molar-refractivity contribution in [2.24, 2.45) is 0 Å². The average molecular weight is 806 g/mol. The molecule has 11 aromatic rings. The molecule has 0 unspecified atom stereocenters. The van der Waals surface area contributed by atoms with Gasteiger partial charge in [-0.1, -0.05) is 190 Å². The summed E-state index contributed by atoms with van der Waals surface area (Å²) in [6, 6.07) is 81.6. The van der Waals surface area contributed by atoms with Gasteiger partial charge in [0.25, 0.3) is 0 Å². The molecule has 1 heterocycles. The first-order valence-electron chi connectivity index (χ1n) is 21.8. The van der Waals surface area contributed by atoms with Crippen molar-refractivity contribution in [1.82, 2.24) is 0 Å². The Kier molecular flexibility index (Phi) is 8.55. The first kappa shape index (κ1) is 36.9. The molecular weight excluding hydrogens is 763 g/mol. The molecule has 1 aromatic heterocycles. The minimum Gasteiger partial charge on any atom is -0.456 e. The summed E-state index contributed by atoms with van der Waals surface area (Å²) in [5.41, 5.74) is 20.0. The highest BCUT2D eigenvalue weighted by Gasteiger charge is 2.37. The minimum atomic E-state index is -0.106. The predicted octanol–water partition coefficient (Wildman–Crippen LogP) is 17.2. The van der Waals surface area contributed by atoms with Crippen LogP contribution in [0.25, 0.3) is 88.3 Å². The molecule has 63 heavy (non-hydrogen) atoms. The second kappa shape index (κ2) is 14.6. The van der Waals surface area contributed by atoms with E-state index >= 15 is 0 Å². The van der Waals surface area contributed by atoms with Gasteiger partial charge < -0.3 is 9.32 Å². The van der Waals surface area contributed by atoms with Gasteiger partial charge in [0.05, 0.1) is 5.69 Å². The number of rotatable bonds is 7. The maximum Gasteiger partial charge on any atom is 0.135 e. The Bertz CT molecular complexity index is 3510. The summed E-state index contributed by atoms with van der Waals surface area (Å²) in [6.07, 6.45) is 0. The summed E-state index contributed by atoms with van der Waals surface area (Å²) in [6.45, 7) is 4.72. The third-order valence-electron chi connectivity index (χ3n) is 13.3. The Balaban J connectivity index is 0.953. The number of hydrogen-bond acceptors (Lipinski definition) is 2. The van der Waals surface area contributed by atoms with Crippen molar-refractivity contribution in [2.45, 2.75) is 19.3 Å². The number of furan rings is 1. The summed E-state index contributed by atoms with van der Waals surface area (Å²) in [5, 5.41) is 4.76. The smallest absolute Gasteiger partial charge is 0.135 e. The molecule has 0 N–H and O–H groups in total. The van der Waals surface area contributed by atoms with E-state index in [1.54, 1.807) is 0 Å². The van der Waals surface area contributed by atoms with Crippen LogP contribution in [0.1, 0.15) is 25.0 Å². The summed E-state index contributed by atoms with van der Waals surface area (Å²) in [7, 11) is 0. The van der Waals surface area contributed by atoms with Gasteiger partial charge in [0.15, 0.2) is 0 Å². The molecular formula is C61H43NO. The normalized spacial score (nSPS) is 12.7. The fourth-order valence-corrected chi connectivity index (χ4v) is 10.2. The Morgan fingerprint density at radius 1 is 0.349 bits per heavy atom. The molecule has 0 atom stereocenters. The largest absolute Gasteiger partial charge is 0.456 e. The van der Waals surface area contributed by atoms with Crippen molar-refractivity contribution in [3.63, 3.8) is 0 Å². The van der Waals surface area contributed by atoms with Crippen LogP contribution in [0.15, 0.2) is 229 Å². The molecule has 12 rings (SSSR count). The van der Waals surface area contributed by atoms with Crippen molar-refractivity contribution in [3.05, 3.63) is 236 Å². The zero-order valence-corrected chi connectivity index (χ0v) is 35.2. The van der Waals surface area contributed by atoms with Crippen LogP contribution in [-0.2, 0) is 5.41 Å². The van der Waals surface area contributed by atoms with Gasteiger partial charge in [0.1, 0.15) is 11.2 Å². The Morgan fingerprint density at radius 3 is 1.65 bits per heavy atom. The zero-order valence-electron chi connectivity index (χ0n) is 35.2. The lowest BCUT2D eigenvalue weighted by molar-refractivity contribution is 0.662. The lowest BCUT2D eigenvalue weighted by Gasteiger charge is -2.28. The van der Waals surface area contributed by atoms with Gasteiger partial charge >= 0.3 is 0 Å².